The molecule has 0 aromatic carbocycles. The number of hydrogen-bond acceptors (Lipinski definition) is 10. The number of amides is 2. The Morgan fingerprint density at radius 1 is 0.618 bits per heavy atom. The van der Waals surface area contributed by atoms with E-state index in [2.05, 4.69) is 47.5 Å². The van der Waals surface area contributed by atoms with Gasteiger partial charge >= 0.3 is 41.5 Å². The minimum atomic E-state index is -1.02. The van der Waals surface area contributed by atoms with Crippen molar-refractivity contribution in [2.75, 3.05) is 9.80 Å². The fourth-order valence-electron chi connectivity index (χ4n) is 10.1. The second-order valence-electron chi connectivity index (χ2n) is 22.9. The molecule has 8 rings (SSSR count). The predicted octanol–water partition coefficient (Wildman–Crippen LogP) is 10.4. The van der Waals surface area contributed by atoms with Crippen LogP contribution in [0.5, 0.6) is 5.88 Å². The van der Waals surface area contributed by atoms with Gasteiger partial charge in [0.05, 0.1) is 27.2 Å². The predicted molar refractivity (Wildman–Crippen MR) is 297 cm³/mol. The largest absolute Gasteiger partial charge is 1.00 e. The van der Waals surface area contributed by atoms with E-state index in [0.29, 0.717) is 64.5 Å². The Bertz CT molecular complexity index is 2660. The molecule has 4 aromatic rings. The number of carboxylic acid groups (broad SMARTS) is 2. The molecule has 16 heteroatoms. The first kappa shape index (κ1) is 62.2. The summed E-state index contributed by atoms with van der Waals surface area (Å²) in [6, 6.07) is 13.7. The van der Waals surface area contributed by atoms with Crippen LogP contribution < -0.4 is 44.1 Å². The molecule has 0 unspecified atom stereocenters. The first-order valence-electron chi connectivity index (χ1n) is 26.8. The van der Waals surface area contributed by atoms with E-state index in [9.17, 15) is 38.9 Å². The van der Waals surface area contributed by atoms with Crippen molar-refractivity contribution in [2.24, 2.45) is 34.5 Å². The molecule has 0 aliphatic heterocycles. The van der Waals surface area contributed by atoms with E-state index >= 15 is 0 Å². The van der Waals surface area contributed by atoms with Crippen LogP contribution in [-0.4, -0.2) is 73.3 Å². The number of aromatic nitrogens is 2. The number of anilines is 2. The first-order valence-corrected chi connectivity index (χ1v) is 28.5. The fraction of sp³-hybridized carbons (Fsp3) is 0.567. The van der Waals surface area contributed by atoms with Gasteiger partial charge < -0.3 is 31.3 Å². The average Bonchev–Trinajstić information content (AvgIpc) is 4.00. The van der Waals surface area contributed by atoms with Crippen LogP contribution in [0.15, 0.2) is 60.9 Å². The van der Waals surface area contributed by atoms with Crippen molar-refractivity contribution in [1.82, 2.24) is 9.97 Å². The van der Waals surface area contributed by atoms with Gasteiger partial charge in [-0.3, -0.25) is 9.59 Å². The molecule has 3 N–H and O–H groups in total. The molecule has 0 atom stereocenters. The number of hydrogen-bond donors (Lipinski definition) is 3. The Kier molecular flexibility index (Phi) is 23.6. The number of rotatable bonds is 10. The van der Waals surface area contributed by atoms with E-state index in [1.165, 1.54) is 23.6 Å². The van der Waals surface area contributed by atoms with Gasteiger partial charge in [-0.15, -0.1) is 22.7 Å². The van der Waals surface area contributed by atoms with Gasteiger partial charge in [-0.05, 0) is 186 Å². The number of halogens is 1. The summed E-state index contributed by atoms with van der Waals surface area (Å²) in [5.74, 6) is 12.1. The van der Waals surface area contributed by atoms with Crippen molar-refractivity contribution in [2.45, 2.75) is 182 Å². The quantitative estimate of drug-likeness (QED) is 0.0789. The maximum atomic E-state index is 14.0. The Balaban J connectivity index is 0.000000291. The zero-order valence-electron chi connectivity index (χ0n) is 47.1. The van der Waals surface area contributed by atoms with Gasteiger partial charge in [0.1, 0.15) is 15.9 Å². The third kappa shape index (κ3) is 18.8. The summed E-state index contributed by atoms with van der Waals surface area (Å²) in [6.45, 7) is 16.6. The molecule has 4 heterocycles. The maximum Gasteiger partial charge on any atom is 1.00 e. The molecule has 2 amide bonds. The molecule has 0 bridgehead atoms. The second kappa shape index (κ2) is 28.8. The van der Waals surface area contributed by atoms with E-state index in [-0.39, 0.29) is 99.5 Å². The number of thiophene rings is 2. The normalized spacial score (nSPS) is 23.3. The minimum Gasteiger partial charge on any atom is -1.00 e. The summed E-state index contributed by atoms with van der Waals surface area (Å²) in [7, 11) is 0. The topological polar surface area (TPSA) is 170 Å². The maximum absolute atomic E-state index is 14.0. The number of carbonyl (C=O) groups excluding carboxylic acids is 2. The Morgan fingerprint density at radius 2 is 1.03 bits per heavy atom. The Labute approximate surface area is 481 Å². The molecule has 406 valence electrons. The molecule has 4 aliphatic rings. The van der Waals surface area contributed by atoms with Crippen molar-refractivity contribution in [3.05, 3.63) is 86.4 Å². The summed E-state index contributed by atoms with van der Waals surface area (Å²) in [5, 5.41) is 30.0. The van der Waals surface area contributed by atoms with E-state index in [4.69, 9.17) is 4.74 Å². The van der Waals surface area contributed by atoms with Crippen LogP contribution in [0.4, 0.5) is 15.8 Å². The van der Waals surface area contributed by atoms with Crippen LogP contribution in [0.3, 0.4) is 0 Å². The molecular weight excluding hydrogens is 1010 g/mol. The Morgan fingerprint density at radius 3 is 1.37 bits per heavy atom. The van der Waals surface area contributed by atoms with Gasteiger partial charge in [0.25, 0.3) is 0 Å². The van der Waals surface area contributed by atoms with Crippen molar-refractivity contribution in [1.29, 1.82) is 0 Å². The van der Waals surface area contributed by atoms with E-state index < -0.39 is 17.9 Å². The van der Waals surface area contributed by atoms with Gasteiger partial charge in [0.2, 0.25) is 23.6 Å². The summed E-state index contributed by atoms with van der Waals surface area (Å²) in [5.41, 5.74) is 0.601. The molecule has 4 fully saturated rings. The minimum absolute atomic E-state index is 0. The van der Waals surface area contributed by atoms with Gasteiger partial charge in [0, 0.05) is 53.2 Å². The average molecular weight is 1090 g/mol. The van der Waals surface area contributed by atoms with Crippen LogP contribution in [0, 0.1) is 64.1 Å². The monoisotopic (exact) mass is 1090 g/mol. The number of aliphatic hydroxyl groups is 1. The summed E-state index contributed by atoms with van der Waals surface area (Å²) in [4.78, 5) is 65.1. The van der Waals surface area contributed by atoms with Crippen LogP contribution in [0.25, 0.3) is 0 Å². The third-order valence-corrected chi connectivity index (χ3v) is 16.3. The number of aliphatic hydroxyl groups excluding tert-OH is 1. The van der Waals surface area contributed by atoms with Crippen molar-refractivity contribution in [3.63, 3.8) is 0 Å². The standard InChI is InChI=1S/C30H38N2O4S.C25H35NO4S.C5H4FN.Na.H/c1-20-8-10-21(11-9-20)28(33)32(22-12-14-23(15-13-22)36-26-7-5-6-18-31-26)25-19-24(16-17-30(2,3)4)37-27(25)29(34)35;1-16-5-7-17(8-6-16)23(28)26(18-9-11-19(27)12-10-18)21-15-20(13-14-25(2,3)4)31-22(21)24(29)30;6-5-3-1-2-4-7-5;;/h5-7,18-23H,8-15H2,1-4H3,(H,34,35);15-19,27H,5-12H2,1-4H3,(H,29,30);1-4H;;/q;;;+1;-1. The molecule has 0 spiro atoms. The molecule has 0 radical (unpaired) electrons. The van der Waals surface area contributed by atoms with Gasteiger partial charge in [-0.25, -0.2) is 19.6 Å². The molecule has 76 heavy (non-hydrogen) atoms. The summed E-state index contributed by atoms with van der Waals surface area (Å²) in [6.07, 6.45) is 16.1. The fourth-order valence-corrected chi connectivity index (χ4v) is 11.8. The number of pyridine rings is 2. The van der Waals surface area contributed by atoms with Gasteiger partial charge in [0.15, 0.2) is 0 Å². The number of carbonyl (C=O) groups is 4. The number of aromatic carboxylic acids is 2. The zero-order chi connectivity index (χ0) is 54.5. The van der Waals surface area contributed by atoms with E-state index in [0.717, 1.165) is 88.4 Å². The van der Waals surface area contributed by atoms with E-state index in [1.807, 2.05) is 70.7 Å². The number of carboxylic acids is 2. The van der Waals surface area contributed by atoms with Crippen LogP contribution in [-0.2, 0) is 9.59 Å². The van der Waals surface area contributed by atoms with Crippen LogP contribution in [0.2, 0.25) is 0 Å². The zero-order valence-corrected chi connectivity index (χ0v) is 49.7. The van der Waals surface area contributed by atoms with Crippen molar-refractivity contribution >= 4 is 57.8 Å². The molecule has 4 saturated carbocycles. The number of ether oxygens (including phenoxy) is 1. The van der Waals surface area contributed by atoms with Crippen molar-refractivity contribution in [3.8, 4) is 29.6 Å². The summed E-state index contributed by atoms with van der Waals surface area (Å²) < 4.78 is 17.9. The molecular formula is C60H78FN4NaO8S2. The molecule has 4 aromatic heterocycles. The summed E-state index contributed by atoms with van der Waals surface area (Å²) >= 11 is 2.32. The number of nitrogens with zero attached hydrogens (tertiary/aromatic N) is 4. The molecule has 4 aliphatic carbocycles. The smallest absolute Gasteiger partial charge is 1.00 e. The van der Waals surface area contributed by atoms with Crippen molar-refractivity contribution < 1.29 is 74.6 Å². The van der Waals surface area contributed by atoms with Crippen LogP contribution >= 0.6 is 22.7 Å². The second-order valence-corrected chi connectivity index (χ2v) is 25.0. The molecule has 0 saturated heterocycles. The SMILES string of the molecule is CC1CCC(C(=O)N(c2cc(C#CC(C)(C)C)sc2C(=O)O)C2CCC(O)CC2)CC1.CC1CCC(C(=O)N(c2cc(C#CC(C)(C)C)sc2C(=O)O)C2CCC(Oc3ccccn3)CC2)CC1.Fc1ccccn1.[H-].[Na+]. The first-order chi connectivity index (χ1) is 35.5. The third-order valence-electron chi connectivity index (χ3n) is 14.3. The molecule has 12 nitrogen and oxygen atoms in total. The van der Waals surface area contributed by atoms with E-state index in [1.54, 1.807) is 29.3 Å². The Hall–Kier alpha value is -4.61. The van der Waals surface area contributed by atoms with Gasteiger partial charge in [-0.2, -0.15) is 4.39 Å². The van der Waals surface area contributed by atoms with Gasteiger partial charge in [-0.1, -0.05) is 49.7 Å². The van der Waals surface area contributed by atoms with Crippen LogP contribution in [0.1, 0.15) is 189 Å².